The highest BCUT2D eigenvalue weighted by atomic mass is 32.2. The van der Waals surface area contributed by atoms with Gasteiger partial charge >= 0.3 is 0 Å². The SMILES string of the molecule is CCCCn1c(SCC(=O)N2C(C)CCCC2C)nc2sc(C)c(C)c2c1=O. The van der Waals surface area contributed by atoms with Gasteiger partial charge in [-0.1, -0.05) is 25.1 Å². The number of rotatable bonds is 6. The molecule has 2 atom stereocenters. The Morgan fingerprint density at radius 2 is 1.93 bits per heavy atom. The molecule has 3 rings (SSSR count). The van der Waals surface area contributed by atoms with Gasteiger partial charge in [-0.25, -0.2) is 4.98 Å². The number of amides is 1. The zero-order valence-electron chi connectivity index (χ0n) is 17.6. The molecular formula is C21H31N3O2S2. The summed E-state index contributed by atoms with van der Waals surface area (Å²) in [5, 5.41) is 1.42. The number of likely N-dealkylation sites (tertiary alicyclic amines) is 1. The Bertz CT molecular complexity index is 908. The van der Waals surface area contributed by atoms with Gasteiger partial charge < -0.3 is 4.90 Å². The Kier molecular flexibility index (Phi) is 6.86. The highest BCUT2D eigenvalue weighted by molar-refractivity contribution is 7.99. The molecule has 0 bridgehead atoms. The van der Waals surface area contributed by atoms with Crippen molar-refractivity contribution in [3.63, 3.8) is 0 Å². The summed E-state index contributed by atoms with van der Waals surface area (Å²) in [5.74, 6) is 0.488. The number of carbonyl (C=O) groups excluding carboxylic acids is 1. The number of hydrogen-bond acceptors (Lipinski definition) is 5. The van der Waals surface area contributed by atoms with Crippen LogP contribution in [0.2, 0.25) is 0 Å². The van der Waals surface area contributed by atoms with Crippen LogP contribution in [-0.4, -0.2) is 38.2 Å². The lowest BCUT2D eigenvalue weighted by molar-refractivity contribution is -0.134. The Morgan fingerprint density at radius 1 is 1.25 bits per heavy atom. The van der Waals surface area contributed by atoms with E-state index in [1.165, 1.54) is 18.2 Å². The van der Waals surface area contributed by atoms with Crippen LogP contribution >= 0.6 is 23.1 Å². The van der Waals surface area contributed by atoms with Crippen molar-refractivity contribution >= 4 is 39.2 Å². The number of fused-ring (bicyclic) bond motifs is 1. The predicted molar refractivity (Wildman–Crippen MR) is 119 cm³/mol. The lowest BCUT2D eigenvalue weighted by atomic mass is 9.98. The Morgan fingerprint density at radius 3 is 2.57 bits per heavy atom. The summed E-state index contributed by atoms with van der Waals surface area (Å²) in [6.45, 7) is 11.1. The smallest absolute Gasteiger partial charge is 0.263 e. The molecule has 3 heterocycles. The van der Waals surface area contributed by atoms with Crippen molar-refractivity contribution in [3.8, 4) is 0 Å². The molecular weight excluding hydrogens is 390 g/mol. The number of unbranched alkanes of at least 4 members (excludes halogenated alkanes) is 1. The van der Waals surface area contributed by atoms with Gasteiger partial charge in [0.25, 0.3) is 5.56 Å². The second-order valence-electron chi connectivity index (χ2n) is 7.89. The zero-order valence-corrected chi connectivity index (χ0v) is 19.2. The van der Waals surface area contributed by atoms with E-state index in [2.05, 4.69) is 20.8 Å². The number of piperidine rings is 1. The predicted octanol–water partition coefficient (Wildman–Crippen LogP) is 4.76. The maximum Gasteiger partial charge on any atom is 0.263 e. The zero-order chi connectivity index (χ0) is 20.4. The number of aromatic nitrogens is 2. The van der Waals surface area contributed by atoms with Crippen LogP contribution in [0.1, 0.15) is 63.3 Å². The van der Waals surface area contributed by atoms with Gasteiger partial charge in [0, 0.05) is 23.5 Å². The molecule has 0 aliphatic carbocycles. The minimum Gasteiger partial charge on any atom is -0.337 e. The normalized spacial score (nSPS) is 20.1. The van der Waals surface area contributed by atoms with E-state index in [1.54, 1.807) is 15.9 Å². The van der Waals surface area contributed by atoms with Crippen LogP contribution in [0.3, 0.4) is 0 Å². The van der Waals surface area contributed by atoms with Gasteiger partial charge in [0.1, 0.15) is 4.83 Å². The first kappa shape index (κ1) is 21.4. The topological polar surface area (TPSA) is 55.2 Å². The van der Waals surface area contributed by atoms with Crippen LogP contribution in [0.5, 0.6) is 0 Å². The van der Waals surface area contributed by atoms with E-state index in [1.807, 2.05) is 18.7 Å². The number of hydrogen-bond donors (Lipinski definition) is 0. The van der Waals surface area contributed by atoms with Gasteiger partial charge in [-0.05, 0) is 58.9 Å². The van der Waals surface area contributed by atoms with Crippen LogP contribution in [-0.2, 0) is 11.3 Å². The molecule has 1 fully saturated rings. The molecule has 0 N–H and O–H groups in total. The number of thiophene rings is 1. The molecule has 5 nitrogen and oxygen atoms in total. The monoisotopic (exact) mass is 421 g/mol. The number of nitrogens with zero attached hydrogens (tertiary/aromatic N) is 3. The summed E-state index contributed by atoms with van der Waals surface area (Å²) >= 11 is 2.98. The van der Waals surface area contributed by atoms with Crippen molar-refractivity contribution in [1.29, 1.82) is 0 Å². The number of aryl methyl sites for hydroxylation is 2. The van der Waals surface area contributed by atoms with Crippen molar-refractivity contribution in [3.05, 3.63) is 20.8 Å². The molecule has 0 saturated carbocycles. The molecule has 2 aromatic rings. The average Bonchev–Trinajstić information content (AvgIpc) is 2.93. The fourth-order valence-corrected chi connectivity index (χ4v) is 6.01. The molecule has 1 aliphatic rings. The van der Waals surface area contributed by atoms with Gasteiger partial charge in [0.2, 0.25) is 5.91 Å². The summed E-state index contributed by atoms with van der Waals surface area (Å²) in [6, 6.07) is 0.578. The third kappa shape index (κ3) is 4.15. The van der Waals surface area contributed by atoms with E-state index >= 15 is 0 Å². The summed E-state index contributed by atoms with van der Waals surface area (Å²) in [7, 11) is 0. The number of carbonyl (C=O) groups is 1. The van der Waals surface area contributed by atoms with Gasteiger partial charge in [-0.15, -0.1) is 11.3 Å². The van der Waals surface area contributed by atoms with Crippen molar-refractivity contribution in [2.45, 2.75) is 90.5 Å². The Balaban J connectivity index is 1.89. The Labute approximate surface area is 175 Å². The van der Waals surface area contributed by atoms with E-state index < -0.39 is 0 Å². The molecule has 1 aliphatic heterocycles. The van der Waals surface area contributed by atoms with E-state index in [4.69, 9.17) is 4.98 Å². The van der Waals surface area contributed by atoms with Crippen molar-refractivity contribution in [2.75, 3.05) is 5.75 Å². The van der Waals surface area contributed by atoms with E-state index in [-0.39, 0.29) is 23.6 Å². The van der Waals surface area contributed by atoms with E-state index in [0.717, 1.165) is 46.3 Å². The quantitative estimate of drug-likeness (QED) is 0.499. The third-order valence-electron chi connectivity index (χ3n) is 5.80. The van der Waals surface area contributed by atoms with Crippen molar-refractivity contribution in [2.24, 2.45) is 0 Å². The van der Waals surface area contributed by atoms with Crippen molar-refractivity contribution < 1.29 is 4.79 Å². The summed E-state index contributed by atoms with van der Waals surface area (Å²) in [5.41, 5.74) is 1.07. The first-order valence-electron chi connectivity index (χ1n) is 10.3. The van der Waals surface area contributed by atoms with Gasteiger partial charge in [-0.2, -0.15) is 0 Å². The average molecular weight is 422 g/mol. The third-order valence-corrected chi connectivity index (χ3v) is 7.86. The summed E-state index contributed by atoms with van der Waals surface area (Å²) < 4.78 is 1.78. The fourth-order valence-electron chi connectivity index (χ4n) is 4.05. The molecule has 0 aromatic carbocycles. The maximum atomic E-state index is 13.2. The second-order valence-corrected chi connectivity index (χ2v) is 10.0. The van der Waals surface area contributed by atoms with Gasteiger partial charge in [-0.3, -0.25) is 14.2 Å². The van der Waals surface area contributed by atoms with Crippen LogP contribution in [0, 0.1) is 13.8 Å². The molecule has 0 spiro atoms. The molecule has 28 heavy (non-hydrogen) atoms. The minimum atomic E-state index is 0.0370. The minimum absolute atomic E-state index is 0.0370. The second kappa shape index (κ2) is 8.99. The summed E-state index contributed by atoms with van der Waals surface area (Å²) in [4.78, 5) is 34.8. The van der Waals surface area contributed by atoms with Crippen LogP contribution in [0.15, 0.2) is 9.95 Å². The lowest BCUT2D eigenvalue weighted by Crippen LogP contribution is -2.48. The van der Waals surface area contributed by atoms with Gasteiger partial charge in [0.15, 0.2) is 5.16 Å². The molecule has 1 saturated heterocycles. The largest absolute Gasteiger partial charge is 0.337 e. The fraction of sp³-hybridized carbons (Fsp3) is 0.667. The highest BCUT2D eigenvalue weighted by Gasteiger charge is 2.29. The molecule has 0 radical (unpaired) electrons. The maximum absolute atomic E-state index is 13.2. The molecule has 1 amide bonds. The molecule has 2 aromatic heterocycles. The van der Waals surface area contributed by atoms with E-state index in [9.17, 15) is 9.59 Å². The van der Waals surface area contributed by atoms with Gasteiger partial charge in [0.05, 0.1) is 11.1 Å². The first-order valence-corrected chi connectivity index (χ1v) is 12.1. The van der Waals surface area contributed by atoms with Crippen LogP contribution in [0.4, 0.5) is 0 Å². The lowest BCUT2D eigenvalue weighted by Gasteiger charge is -2.39. The Hall–Kier alpha value is -1.34. The van der Waals surface area contributed by atoms with Crippen LogP contribution in [0.25, 0.3) is 10.2 Å². The van der Waals surface area contributed by atoms with E-state index in [0.29, 0.717) is 17.5 Å². The first-order chi connectivity index (χ1) is 13.3. The molecule has 154 valence electrons. The standard InChI is InChI=1S/C21H31N3O2S2/c1-6-7-11-23-20(26)18-15(4)16(5)28-19(18)22-21(23)27-12-17(25)24-13(2)9-8-10-14(24)3/h13-14H,6-12H2,1-5H3. The number of thioether (sulfide) groups is 1. The summed E-state index contributed by atoms with van der Waals surface area (Å²) in [6.07, 6.45) is 5.26. The van der Waals surface area contributed by atoms with Crippen molar-refractivity contribution in [1.82, 2.24) is 14.5 Å². The van der Waals surface area contributed by atoms with Crippen LogP contribution < -0.4 is 5.56 Å². The highest BCUT2D eigenvalue weighted by Crippen LogP contribution is 2.29. The molecule has 7 heteroatoms. The molecule has 2 unspecified atom stereocenters.